The Morgan fingerprint density at radius 1 is 0.826 bits per heavy atom. The molecule has 0 aliphatic heterocycles. The number of para-hydroxylation sites is 1. The van der Waals surface area contributed by atoms with Crippen LogP contribution in [0.2, 0.25) is 19.6 Å². The van der Waals surface area contributed by atoms with Crippen molar-refractivity contribution >= 4 is 35.2 Å². The molecular weight excluding hydrogens is 296 g/mol. The molecule has 114 valence electrons. The maximum atomic E-state index is 4.66. The largest absolute Gasteiger partial charge is 0.294 e. The second-order valence-electron chi connectivity index (χ2n) is 7.03. The van der Waals surface area contributed by atoms with Crippen molar-refractivity contribution in [1.82, 2.24) is 9.55 Å². The number of aromatic nitrogens is 2. The van der Waals surface area contributed by atoms with E-state index < -0.39 is 8.07 Å². The number of hydrogen-bond acceptors (Lipinski definition) is 1. The van der Waals surface area contributed by atoms with Gasteiger partial charge in [-0.2, -0.15) is 0 Å². The Balaban J connectivity index is 2.13. The van der Waals surface area contributed by atoms with Gasteiger partial charge in [-0.25, -0.2) is 4.98 Å². The molecule has 0 aliphatic rings. The third-order valence-corrected chi connectivity index (χ3v) is 6.45. The molecule has 0 spiro atoms. The standard InChI is InChI=1S/C20H20N2Si/c1-23(2,3)16-11-12-19-18(14-16)17-10-7-13-21-20(17)22(19)15-8-5-4-6-9-15/h4-14H,1-3H3. The van der Waals surface area contributed by atoms with Gasteiger partial charge in [-0.1, -0.05) is 55.2 Å². The number of fused-ring (bicyclic) bond motifs is 3. The van der Waals surface area contributed by atoms with Crippen molar-refractivity contribution in [3.05, 3.63) is 66.9 Å². The molecule has 2 nitrogen and oxygen atoms in total. The summed E-state index contributed by atoms with van der Waals surface area (Å²) in [5.41, 5.74) is 3.42. The van der Waals surface area contributed by atoms with Crippen molar-refractivity contribution in [1.29, 1.82) is 0 Å². The Morgan fingerprint density at radius 2 is 1.61 bits per heavy atom. The first kappa shape index (κ1) is 14.2. The number of rotatable bonds is 2. The fourth-order valence-electron chi connectivity index (χ4n) is 3.15. The van der Waals surface area contributed by atoms with E-state index in [0.717, 1.165) is 11.3 Å². The summed E-state index contributed by atoms with van der Waals surface area (Å²) in [4.78, 5) is 4.66. The summed E-state index contributed by atoms with van der Waals surface area (Å²) < 4.78 is 2.26. The van der Waals surface area contributed by atoms with Crippen LogP contribution in [0.3, 0.4) is 0 Å². The van der Waals surface area contributed by atoms with Crippen molar-refractivity contribution < 1.29 is 0 Å². The molecule has 0 aliphatic carbocycles. The molecule has 2 aromatic heterocycles. The molecule has 0 saturated carbocycles. The van der Waals surface area contributed by atoms with Crippen molar-refractivity contribution in [2.45, 2.75) is 19.6 Å². The molecule has 2 heterocycles. The summed E-state index contributed by atoms with van der Waals surface area (Å²) in [6, 6.07) is 21.6. The molecule has 2 aromatic carbocycles. The van der Waals surface area contributed by atoms with Gasteiger partial charge in [0.05, 0.1) is 13.6 Å². The molecule has 0 amide bonds. The van der Waals surface area contributed by atoms with Gasteiger partial charge in [0.25, 0.3) is 0 Å². The minimum absolute atomic E-state index is 1.03. The Morgan fingerprint density at radius 3 is 2.35 bits per heavy atom. The average molecular weight is 316 g/mol. The number of benzene rings is 2. The Labute approximate surface area is 137 Å². The van der Waals surface area contributed by atoms with E-state index >= 15 is 0 Å². The van der Waals surface area contributed by atoms with E-state index in [1.54, 1.807) is 0 Å². The first-order valence-corrected chi connectivity index (χ1v) is 11.5. The SMILES string of the molecule is C[Si](C)(C)c1ccc2c(c1)c1cccnc1n2-c1ccccc1. The zero-order chi connectivity index (χ0) is 16.0. The molecule has 4 rings (SSSR count). The minimum Gasteiger partial charge on any atom is -0.294 e. The second-order valence-corrected chi connectivity index (χ2v) is 12.1. The summed E-state index contributed by atoms with van der Waals surface area (Å²) in [5.74, 6) is 0. The quantitative estimate of drug-likeness (QED) is 0.489. The van der Waals surface area contributed by atoms with Gasteiger partial charge < -0.3 is 0 Å². The Bertz CT molecular complexity index is 995. The van der Waals surface area contributed by atoms with Crippen LogP contribution in [0.5, 0.6) is 0 Å². The molecular formula is C20H20N2Si. The maximum Gasteiger partial charge on any atom is 0.145 e. The van der Waals surface area contributed by atoms with Crippen LogP contribution in [0.1, 0.15) is 0 Å². The first-order valence-electron chi connectivity index (χ1n) is 8.01. The van der Waals surface area contributed by atoms with Crippen LogP contribution in [0.4, 0.5) is 0 Å². The Hall–Kier alpha value is -2.39. The van der Waals surface area contributed by atoms with E-state index in [9.17, 15) is 0 Å². The molecule has 4 aromatic rings. The molecule has 0 unspecified atom stereocenters. The molecule has 0 bridgehead atoms. The zero-order valence-electron chi connectivity index (χ0n) is 13.7. The fraction of sp³-hybridized carbons (Fsp3) is 0.150. The molecule has 0 N–H and O–H groups in total. The van der Waals surface area contributed by atoms with Crippen LogP contribution in [0.25, 0.3) is 27.6 Å². The van der Waals surface area contributed by atoms with Crippen LogP contribution in [0.15, 0.2) is 66.9 Å². The molecule has 23 heavy (non-hydrogen) atoms. The summed E-state index contributed by atoms with van der Waals surface area (Å²) >= 11 is 0. The predicted octanol–water partition coefficient (Wildman–Crippen LogP) is 4.72. The molecule has 0 saturated heterocycles. The van der Waals surface area contributed by atoms with Crippen LogP contribution >= 0.6 is 0 Å². The topological polar surface area (TPSA) is 17.8 Å². The summed E-state index contributed by atoms with van der Waals surface area (Å²) in [6.45, 7) is 7.17. The van der Waals surface area contributed by atoms with Crippen LogP contribution in [-0.4, -0.2) is 17.6 Å². The number of hydrogen-bond donors (Lipinski definition) is 0. The van der Waals surface area contributed by atoms with Gasteiger partial charge in [-0.3, -0.25) is 4.57 Å². The van der Waals surface area contributed by atoms with E-state index in [-0.39, 0.29) is 0 Å². The van der Waals surface area contributed by atoms with Crippen LogP contribution in [0, 0.1) is 0 Å². The lowest BCUT2D eigenvalue weighted by molar-refractivity contribution is 1.14. The molecule has 0 fully saturated rings. The highest BCUT2D eigenvalue weighted by molar-refractivity contribution is 6.88. The van der Waals surface area contributed by atoms with Crippen LogP contribution in [-0.2, 0) is 0 Å². The summed E-state index contributed by atoms with van der Waals surface area (Å²) in [6.07, 6.45) is 1.88. The molecule has 0 atom stereocenters. The molecule has 3 heteroatoms. The highest BCUT2D eigenvalue weighted by Gasteiger charge is 2.19. The lowest BCUT2D eigenvalue weighted by Gasteiger charge is -2.16. The number of pyridine rings is 1. The van der Waals surface area contributed by atoms with Crippen molar-refractivity contribution in [2.24, 2.45) is 0 Å². The van der Waals surface area contributed by atoms with E-state index in [1.807, 2.05) is 18.3 Å². The van der Waals surface area contributed by atoms with Crippen molar-refractivity contribution in [2.75, 3.05) is 0 Å². The summed E-state index contributed by atoms with van der Waals surface area (Å²) in [5, 5.41) is 4.02. The van der Waals surface area contributed by atoms with Gasteiger partial charge in [0, 0.05) is 22.7 Å². The van der Waals surface area contributed by atoms with Crippen molar-refractivity contribution in [3.8, 4) is 5.69 Å². The smallest absolute Gasteiger partial charge is 0.145 e. The lowest BCUT2D eigenvalue weighted by Crippen LogP contribution is -2.37. The van der Waals surface area contributed by atoms with Gasteiger partial charge in [0.1, 0.15) is 5.65 Å². The van der Waals surface area contributed by atoms with E-state index in [1.165, 1.54) is 21.5 Å². The monoisotopic (exact) mass is 316 g/mol. The van der Waals surface area contributed by atoms with Gasteiger partial charge in [-0.05, 0) is 30.3 Å². The van der Waals surface area contributed by atoms with Gasteiger partial charge >= 0.3 is 0 Å². The third kappa shape index (κ3) is 2.28. The summed E-state index contributed by atoms with van der Waals surface area (Å²) in [7, 11) is -1.34. The van der Waals surface area contributed by atoms with Crippen molar-refractivity contribution in [3.63, 3.8) is 0 Å². The highest BCUT2D eigenvalue weighted by Crippen LogP contribution is 2.30. The van der Waals surface area contributed by atoms with Crippen LogP contribution < -0.4 is 5.19 Å². The van der Waals surface area contributed by atoms with E-state index in [2.05, 4.69) is 77.7 Å². The first-order chi connectivity index (χ1) is 11.1. The van der Waals surface area contributed by atoms with Gasteiger partial charge in [-0.15, -0.1) is 0 Å². The minimum atomic E-state index is -1.34. The van der Waals surface area contributed by atoms with E-state index in [4.69, 9.17) is 0 Å². The lowest BCUT2D eigenvalue weighted by atomic mass is 10.2. The van der Waals surface area contributed by atoms with Gasteiger partial charge in [0.15, 0.2) is 0 Å². The van der Waals surface area contributed by atoms with Gasteiger partial charge in [0.2, 0.25) is 0 Å². The highest BCUT2D eigenvalue weighted by atomic mass is 28.3. The predicted molar refractivity (Wildman–Crippen MR) is 102 cm³/mol. The molecule has 0 radical (unpaired) electrons. The number of nitrogens with zero attached hydrogens (tertiary/aromatic N) is 2. The third-order valence-electron chi connectivity index (χ3n) is 4.41. The maximum absolute atomic E-state index is 4.66. The second kappa shape index (κ2) is 5.07. The average Bonchev–Trinajstić information content (AvgIpc) is 2.88. The Kier molecular flexibility index (Phi) is 3.13. The van der Waals surface area contributed by atoms with E-state index in [0.29, 0.717) is 0 Å². The zero-order valence-corrected chi connectivity index (χ0v) is 14.7. The fourth-order valence-corrected chi connectivity index (χ4v) is 4.31. The normalized spacial score (nSPS) is 12.1.